The molecule has 22 heavy (non-hydrogen) atoms. The Bertz CT molecular complexity index is 800. The number of aromatic nitrogens is 1. The van der Waals surface area contributed by atoms with Crippen LogP contribution in [0.25, 0.3) is 11.3 Å². The highest BCUT2D eigenvalue weighted by molar-refractivity contribution is 7.12. The topological polar surface area (TPSA) is 38.9 Å². The highest BCUT2D eigenvalue weighted by Crippen LogP contribution is 2.34. The van der Waals surface area contributed by atoms with Gasteiger partial charge in [-0.15, -0.1) is 11.3 Å². The van der Waals surface area contributed by atoms with Crippen molar-refractivity contribution in [1.29, 1.82) is 0 Å². The molecule has 2 aromatic carbocycles. The van der Waals surface area contributed by atoms with Gasteiger partial charge >= 0.3 is 0 Å². The van der Waals surface area contributed by atoms with Crippen LogP contribution in [-0.4, -0.2) is 4.98 Å². The van der Waals surface area contributed by atoms with Crippen LogP contribution >= 0.6 is 34.5 Å². The molecule has 0 aliphatic heterocycles. The first kappa shape index (κ1) is 15.5. The van der Waals surface area contributed by atoms with E-state index >= 15 is 0 Å². The summed E-state index contributed by atoms with van der Waals surface area (Å²) in [5, 5.41) is 2.01. The molecule has 2 N–H and O–H groups in total. The van der Waals surface area contributed by atoms with Crippen molar-refractivity contribution in [3.63, 3.8) is 0 Å². The van der Waals surface area contributed by atoms with E-state index in [9.17, 15) is 0 Å². The Kier molecular flexibility index (Phi) is 4.50. The minimum absolute atomic E-state index is 0.356. The van der Waals surface area contributed by atoms with Gasteiger partial charge in [0.1, 0.15) is 5.01 Å². The summed E-state index contributed by atoms with van der Waals surface area (Å²) < 4.78 is 0. The number of nitrogens with two attached hydrogens (primary N) is 1. The van der Waals surface area contributed by atoms with E-state index in [0.717, 1.165) is 26.7 Å². The highest BCUT2D eigenvalue weighted by atomic mass is 35.5. The molecule has 0 amide bonds. The zero-order valence-electron chi connectivity index (χ0n) is 11.9. The highest BCUT2D eigenvalue weighted by Gasteiger charge is 2.19. The van der Waals surface area contributed by atoms with E-state index in [1.807, 2.05) is 36.4 Å². The van der Waals surface area contributed by atoms with E-state index < -0.39 is 0 Å². The zero-order chi connectivity index (χ0) is 15.7. The smallest absolute Gasteiger partial charge is 0.115 e. The molecule has 0 saturated carbocycles. The average molecular weight is 349 g/mol. The molecule has 0 aliphatic rings. The van der Waals surface area contributed by atoms with Gasteiger partial charge in [-0.05, 0) is 24.6 Å². The quantitative estimate of drug-likeness (QED) is 0.681. The summed E-state index contributed by atoms with van der Waals surface area (Å²) in [5.41, 5.74) is 9.25. The lowest BCUT2D eigenvalue weighted by atomic mass is 10.1. The molecular weight excluding hydrogens is 335 g/mol. The van der Waals surface area contributed by atoms with Crippen molar-refractivity contribution in [3.8, 4) is 11.3 Å². The minimum atomic E-state index is -0.356. The second kappa shape index (κ2) is 6.39. The van der Waals surface area contributed by atoms with Crippen LogP contribution in [0.15, 0.2) is 48.5 Å². The maximum Gasteiger partial charge on any atom is 0.115 e. The standard InChI is InChI=1S/C17H14Cl2N2S/c1-10-16(11-5-3-2-4-6-11)21-17(22-10)15(20)13-8-7-12(18)9-14(13)19/h2-9,15H,20H2,1H3. The van der Waals surface area contributed by atoms with Gasteiger partial charge in [-0.2, -0.15) is 0 Å². The Morgan fingerprint density at radius 3 is 2.50 bits per heavy atom. The fourth-order valence-corrected chi connectivity index (χ4v) is 3.79. The van der Waals surface area contributed by atoms with Crippen LogP contribution in [0.2, 0.25) is 10.0 Å². The molecule has 0 fully saturated rings. The monoisotopic (exact) mass is 348 g/mol. The normalized spacial score (nSPS) is 12.4. The number of rotatable bonds is 3. The molecule has 0 saturated heterocycles. The number of nitrogens with zero attached hydrogens (tertiary/aromatic N) is 1. The Balaban J connectivity index is 1.99. The lowest BCUT2D eigenvalue weighted by Gasteiger charge is -2.11. The summed E-state index contributed by atoms with van der Waals surface area (Å²) in [7, 11) is 0. The molecule has 112 valence electrons. The first-order chi connectivity index (χ1) is 10.6. The van der Waals surface area contributed by atoms with Crippen LogP contribution in [0, 0.1) is 6.92 Å². The summed E-state index contributed by atoms with van der Waals surface area (Å²) in [6, 6.07) is 15.1. The lowest BCUT2D eigenvalue weighted by molar-refractivity contribution is 0.859. The number of benzene rings is 2. The maximum atomic E-state index is 6.35. The first-order valence-electron chi connectivity index (χ1n) is 6.79. The molecule has 2 nitrogen and oxygen atoms in total. The van der Waals surface area contributed by atoms with Crippen LogP contribution in [0.3, 0.4) is 0 Å². The molecule has 0 spiro atoms. The molecule has 3 aromatic rings. The van der Waals surface area contributed by atoms with Crippen molar-refractivity contribution in [2.45, 2.75) is 13.0 Å². The Labute approximate surface area is 143 Å². The summed E-state index contributed by atoms with van der Waals surface area (Å²) >= 11 is 13.8. The van der Waals surface area contributed by atoms with E-state index in [1.165, 1.54) is 0 Å². The van der Waals surface area contributed by atoms with Crippen molar-refractivity contribution in [2.75, 3.05) is 0 Å². The number of halogens is 2. The van der Waals surface area contributed by atoms with Crippen LogP contribution in [0.5, 0.6) is 0 Å². The number of thiazole rings is 1. The van der Waals surface area contributed by atoms with Gasteiger partial charge < -0.3 is 5.73 Å². The van der Waals surface area contributed by atoms with Crippen LogP contribution in [0.1, 0.15) is 21.5 Å². The molecule has 5 heteroatoms. The third-order valence-corrected chi connectivity index (χ3v) is 5.04. The van der Waals surface area contributed by atoms with Gasteiger partial charge in [0.05, 0.1) is 11.7 Å². The van der Waals surface area contributed by atoms with Crippen molar-refractivity contribution < 1.29 is 0 Å². The Morgan fingerprint density at radius 2 is 1.82 bits per heavy atom. The molecule has 1 unspecified atom stereocenters. The van der Waals surface area contributed by atoms with Crippen molar-refractivity contribution in [2.24, 2.45) is 5.73 Å². The SMILES string of the molecule is Cc1sc(C(N)c2ccc(Cl)cc2Cl)nc1-c1ccccc1. The maximum absolute atomic E-state index is 6.35. The molecular formula is C17H14Cl2N2S. The third-order valence-electron chi connectivity index (χ3n) is 3.42. The van der Waals surface area contributed by atoms with Crippen molar-refractivity contribution in [1.82, 2.24) is 4.98 Å². The second-order valence-electron chi connectivity index (χ2n) is 4.97. The zero-order valence-corrected chi connectivity index (χ0v) is 14.2. The van der Waals surface area contributed by atoms with Crippen LogP contribution in [0.4, 0.5) is 0 Å². The molecule has 0 bridgehead atoms. The summed E-state index contributed by atoms with van der Waals surface area (Å²) in [6.07, 6.45) is 0. The Hall–Kier alpha value is -1.39. The van der Waals surface area contributed by atoms with Gasteiger partial charge in [0, 0.05) is 20.5 Å². The first-order valence-corrected chi connectivity index (χ1v) is 8.37. The summed E-state index contributed by atoms with van der Waals surface area (Å²) in [5.74, 6) is 0. The molecule has 1 heterocycles. The average Bonchev–Trinajstić information content (AvgIpc) is 2.89. The van der Waals surface area contributed by atoms with E-state index in [0.29, 0.717) is 10.0 Å². The lowest BCUT2D eigenvalue weighted by Crippen LogP contribution is -2.12. The van der Waals surface area contributed by atoms with E-state index in [2.05, 4.69) is 6.92 Å². The number of aryl methyl sites for hydroxylation is 1. The molecule has 1 aromatic heterocycles. The minimum Gasteiger partial charge on any atom is -0.318 e. The van der Waals surface area contributed by atoms with E-state index in [4.69, 9.17) is 33.9 Å². The van der Waals surface area contributed by atoms with Gasteiger partial charge in [-0.3, -0.25) is 0 Å². The molecule has 0 aliphatic carbocycles. The fourth-order valence-electron chi connectivity index (χ4n) is 2.30. The second-order valence-corrected chi connectivity index (χ2v) is 7.04. The van der Waals surface area contributed by atoms with Crippen molar-refractivity contribution in [3.05, 3.63) is 74.0 Å². The number of hydrogen-bond donors (Lipinski definition) is 1. The van der Waals surface area contributed by atoms with Crippen LogP contribution < -0.4 is 5.73 Å². The van der Waals surface area contributed by atoms with Gasteiger partial charge in [0.2, 0.25) is 0 Å². The Morgan fingerprint density at radius 1 is 1.09 bits per heavy atom. The predicted molar refractivity (Wildman–Crippen MR) is 94.8 cm³/mol. The summed E-state index contributed by atoms with van der Waals surface area (Å²) in [4.78, 5) is 5.86. The summed E-state index contributed by atoms with van der Waals surface area (Å²) in [6.45, 7) is 2.06. The predicted octanol–water partition coefficient (Wildman–Crippen LogP) is 5.47. The molecule has 0 radical (unpaired) electrons. The van der Waals surface area contributed by atoms with Crippen LogP contribution in [-0.2, 0) is 0 Å². The van der Waals surface area contributed by atoms with E-state index in [-0.39, 0.29) is 6.04 Å². The largest absolute Gasteiger partial charge is 0.318 e. The van der Waals surface area contributed by atoms with Crippen molar-refractivity contribution >= 4 is 34.5 Å². The van der Waals surface area contributed by atoms with Gasteiger partial charge in [-0.25, -0.2) is 4.98 Å². The molecule has 1 atom stereocenters. The third kappa shape index (κ3) is 3.03. The van der Waals surface area contributed by atoms with Gasteiger partial charge in [-0.1, -0.05) is 59.6 Å². The number of hydrogen-bond acceptors (Lipinski definition) is 3. The molecule has 3 rings (SSSR count). The fraction of sp³-hybridized carbons (Fsp3) is 0.118. The van der Waals surface area contributed by atoms with Gasteiger partial charge in [0.25, 0.3) is 0 Å². The van der Waals surface area contributed by atoms with Gasteiger partial charge in [0.15, 0.2) is 0 Å². The van der Waals surface area contributed by atoms with E-state index in [1.54, 1.807) is 23.5 Å².